The summed E-state index contributed by atoms with van der Waals surface area (Å²) in [6, 6.07) is 4.80. The van der Waals surface area contributed by atoms with Gasteiger partial charge in [-0.2, -0.15) is 5.10 Å². The zero-order valence-corrected chi connectivity index (χ0v) is 15.8. The van der Waals surface area contributed by atoms with Crippen LogP contribution in [0.2, 0.25) is 5.02 Å². The highest BCUT2D eigenvalue weighted by atomic mass is 35.5. The lowest BCUT2D eigenvalue weighted by atomic mass is 10.1. The Morgan fingerprint density at radius 3 is 2.72 bits per heavy atom. The third-order valence-corrected chi connectivity index (χ3v) is 4.77. The molecule has 2 aromatic rings. The molecule has 0 aliphatic carbocycles. The number of esters is 1. The molecule has 0 fully saturated rings. The molecule has 0 saturated carbocycles. The molecule has 29 heavy (non-hydrogen) atoms. The summed E-state index contributed by atoms with van der Waals surface area (Å²) in [4.78, 5) is 50.9. The van der Waals surface area contributed by atoms with E-state index in [0.717, 1.165) is 0 Å². The molecule has 0 amide bonds. The Kier molecular flexibility index (Phi) is 4.55. The number of aryl methyl sites for hydroxylation is 2. The lowest BCUT2D eigenvalue weighted by molar-refractivity contribution is 0.0600. The number of H-pyrrole nitrogens is 2. The van der Waals surface area contributed by atoms with Crippen molar-refractivity contribution in [2.75, 3.05) is 7.11 Å². The fraction of sp³-hybridized carbons (Fsp3) is 0.167. The first-order chi connectivity index (χ1) is 13.9. The number of fused-ring (bicyclic) bond motifs is 2. The molecule has 2 aliphatic rings. The summed E-state index contributed by atoms with van der Waals surface area (Å²) < 4.78 is 7.64. The van der Waals surface area contributed by atoms with E-state index in [9.17, 15) is 19.2 Å². The number of carbonyl (C=O) groups excluding carboxylic acids is 1. The third-order valence-electron chi connectivity index (χ3n) is 4.54. The van der Waals surface area contributed by atoms with E-state index in [0.29, 0.717) is 16.1 Å². The van der Waals surface area contributed by atoms with Gasteiger partial charge in [-0.25, -0.2) is 9.89 Å². The monoisotopic (exact) mass is 415 g/mol. The van der Waals surface area contributed by atoms with E-state index >= 15 is 0 Å². The van der Waals surface area contributed by atoms with Gasteiger partial charge in [-0.15, -0.1) is 0 Å². The molecular formula is C18H14ClN5O5. The standard InChI is InChI=1S/C18H14ClN5O5/c1-29-18(28)11-8-23(7-10-14(11)21-22-15(10)25)4-5-24-13-3-2-9(19)6-12(13)20-16(26)17(24)27/h2-3,6-8H,4-5H2,1H3,(H,20,26)(H,22,25). The Balaban J connectivity index is 1.79. The summed E-state index contributed by atoms with van der Waals surface area (Å²) in [6.07, 6.45) is 3.00. The van der Waals surface area contributed by atoms with Crippen molar-refractivity contribution in [3.63, 3.8) is 0 Å². The maximum absolute atomic E-state index is 12.4. The maximum atomic E-state index is 12.4. The van der Waals surface area contributed by atoms with Crippen LogP contribution in [0.5, 0.6) is 0 Å². The Morgan fingerprint density at radius 1 is 1.17 bits per heavy atom. The molecule has 0 saturated heterocycles. The quantitative estimate of drug-likeness (QED) is 0.374. The molecule has 3 heterocycles. The molecule has 0 radical (unpaired) electrons. The van der Waals surface area contributed by atoms with Crippen molar-refractivity contribution in [3.8, 4) is 11.3 Å². The number of halogens is 1. The Hall–Kier alpha value is -3.66. The molecule has 2 aliphatic heterocycles. The first-order valence-corrected chi connectivity index (χ1v) is 8.85. The number of nitrogens with one attached hydrogen (secondary N) is 2. The second-order valence-electron chi connectivity index (χ2n) is 6.29. The molecule has 2 N–H and O–H groups in total. The molecule has 0 bridgehead atoms. The third kappa shape index (κ3) is 3.23. The number of benzene rings is 1. The van der Waals surface area contributed by atoms with Crippen molar-refractivity contribution < 1.29 is 9.53 Å². The van der Waals surface area contributed by atoms with Crippen LogP contribution in [0.1, 0.15) is 10.4 Å². The second-order valence-corrected chi connectivity index (χ2v) is 6.73. The zero-order chi connectivity index (χ0) is 20.7. The van der Waals surface area contributed by atoms with Gasteiger partial charge in [-0.1, -0.05) is 11.6 Å². The number of hydrogen-bond donors (Lipinski definition) is 2. The number of rotatable bonds is 4. The fourth-order valence-corrected chi connectivity index (χ4v) is 3.34. The minimum absolute atomic E-state index is 0.109. The van der Waals surface area contributed by atoms with Crippen LogP contribution >= 0.6 is 11.6 Å². The van der Waals surface area contributed by atoms with Gasteiger partial charge >= 0.3 is 17.1 Å². The number of carbonyl (C=O) groups is 1. The van der Waals surface area contributed by atoms with E-state index in [4.69, 9.17) is 16.3 Å². The summed E-state index contributed by atoms with van der Waals surface area (Å²) in [5.74, 6) is -0.649. The molecule has 148 valence electrons. The summed E-state index contributed by atoms with van der Waals surface area (Å²) >= 11 is 5.96. The van der Waals surface area contributed by atoms with E-state index < -0.39 is 22.6 Å². The van der Waals surface area contributed by atoms with Gasteiger partial charge in [-0.3, -0.25) is 14.4 Å². The fourth-order valence-electron chi connectivity index (χ4n) is 3.17. The van der Waals surface area contributed by atoms with Crippen LogP contribution in [-0.4, -0.2) is 37.4 Å². The number of nitrogens with zero attached hydrogens (tertiary/aromatic N) is 3. The van der Waals surface area contributed by atoms with Gasteiger partial charge in [0.2, 0.25) is 0 Å². The van der Waals surface area contributed by atoms with Crippen molar-refractivity contribution in [2.45, 2.75) is 13.1 Å². The maximum Gasteiger partial charge on any atom is 0.341 e. The van der Waals surface area contributed by atoms with Gasteiger partial charge < -0.3 is 18.9 Å². The molecular weight excluding hydrogens is 402 g/mol. The Labute approximate surface area is 166 Å². The molecule has 11 heteroatoms. The van der Waals surface area contributed by atoms with E-state index in [2.05, 4.69) is 15.2 Å². The average Bonchev–Trinajstić information content (AvgIpc) is 3.08. The van der Waals surface area contributed by atoms with Gasteiger partial charge in [0.1, 0.15) is 11.3 Å². The number of hydrogen-bond acceptors (Lipinski definition) is 6. The van der Waals surface area contributed by atoms with Gasteiger partial charge in [0.15, 0.2) is 0 Å². The summed E-state index contributed by atoms with van der Waals surface area (Å²) in [7, 11) is 1.23. The van der Waals surface area contributed by atoms with Crippen LogP contribution in [0, 0.1) is 0 Å². The first kappa shape index (κ1) is 18.7. The van der Waals surface area contributed by atoms with E-state index in [-0.39, 0.29) is 29.9 Å². The lowest BCUT2D eigenvalue weighted by Crippen LogP contribution is -2.37. The summed E-state index contributed by atoms with van der Waals surface area (Å²) in [5.41, 5.74) is -0.494. The molecule has 0 spiro atoms. The van der Waals surface area contributed by atoms with Gasteiger partial charge in [0.25, 0.3) is 5.56 Å². The summed E-state index contributed by atoms with van der Waals surface area (Å²) in [5, 5.41) is 6.58. The summed E-state index contributed by atoms with van der Waals surface area (Å²) in [6.45, 7) is 0.315. The van der Waals surface area contributed by atoms with Crippen molar-refractivity contribution in [1.29, 1.82) is 0 Å². The van der Waals surface area contributed by atoms with Crippen LogP contribution < -0.4 is 16.7 Å². The number of pyridine rings is 1. The highest BCUT2D eigenvalue weighted by molar-refractivity contribution is 6.31. The molecule has 10 nitrogen and oxygen atoms in total. The minimum atomic E-state index is -0.771. The van der Waals surface area contributed by atoms with Crippen LogP contribution in [-0.2, 0) is 17.8 Å². The van der Waals surface area contributed by atoms with Crippen LogP contribution in [0.25, 0.3) is 22.3 Å². The molecule has 1 aromatic carbocycles. The van der Waals surface area contributed by atoms with Crippen LogP contribution in [0.3, 0.4) is 0 Å². The van der Waals surface area contributed by atoms with Gasteiger partial charge in [0.05, 0.1) is 23.7 Å². The van der Waals surface area contributed by atoms with Crippen molar-refractivity contribution in [1.82, 2.24) is 24.3 Å². The van der Waals surface area contributed by atoms with E-state index in [1.54, 1.807) is 22.8 Å². The Bertz CT molecular complexity index is 1400. The smallest absolute Gasteiger partial charge is 0.341 e. The zero-order valence-electron chi connectivity index (χ0n) is 15.1. The topological polar surface area (TPSA) is 132 Å². The highest BCUT2D eigenvalue weighted by Crippen LogP contribution is 2.21. The first-order valence-electron chi connectivity index (χ1n) is 8.48. The van der Waals surface area contributed by atoms with Crippen molar-refractivity contribution >= 4 is 28.6 Å². The number of methoxy groups -OCH3 is 1. The van der Waals surface area contributed by atoms with Crippen LogP contribution in [0.4, 0.5) is 0 Å². The molecule has 0 atom stereocenters. The molecule has 1 aromatic heterocycles. The van der Waals surface area contributed by atoms with Crippen molar-refractivity contribution in [3.05, 3.63) is 72.2 Å². The molecule has 4 rings (SSSR count). The Morgan fingerprint density at radius 2 is 1.97 bits per heavy atom. The number of aromatic amines is 2. The normalized spacial score (nSPS) is 11.2. The van der Waals surface area contributed by atoms with E-state index in [1.165, 1.54) is 24.1 Å². The van der Waals surface area contributed by atoms with Crippen LogP contribution in [0.15, 0.2) is 45.0 Å². The highest BCUT2D eigenvalue weighted by Gasteiger charge is 2.22. The molecule has 0 unspecified atom stereocenters. The van der Waals surface area contributed by atoms with Crippen molar-refractivity contribution in [2.24, 2.45) is 0 Å². The SMILES string of the molecule is COC(=O)c1cn(CCn2c(=O)c(=O)[nH]c3cc(Cl)ccc32)cc2c(=O)[nH]nc1-2. The van der Waals surface area contributed by atoms with Gasteiger partial charge in [0, 0.05) is 30.5 Å². The van der Waals surface area contributed by atoms with Gasteiger partial charge in [-0.05, 0) is 18.2 Å². The van der Waals surface area contributed by atoms with E-state index in [1.807, 2.05) is 0 Å². The number of aromatic nitrogens is 5. The number of ether oxygens (including phenoxy) is 1. The second kappa shape index (κ2) is 7.06. The predicted octanol–water partition coefficient (Wildman–Crippen LogP) is 0.820. The lowest BCUT2D eigenvalue weighted by Gasteiger charge is -2.14. The predicted molar refractivity (Wildman–Crippen MR) is 105 cm³/mol. The average molecular weight is 416 g/mol. The largest absolute Gasteiger partial charge is 0.465 e. The minimum Gasteiger partial charge on any atom is -0.465 e.